The molecule has 0 bridgehead atoms. The summed E-state index contributed by atoms with van der Waals surface area (Å²) in [6.07, 6.45) is 1.82. The van der Waals surface area contributed by atoms with Gasteiger partial charge in [-0.15, -0.1) is 0 Å². The summed E-state index contributed by atoms with van der Waals surface area (Å²) in [7, 11) is 3.68. The Kier molecular flexibility index (Phi) is 11.1. The highest BCUT2D eigenvalue weighted by molar-refractivity contribution is 5.92. The molecule has 4 N–H and O–H groups in total. The minimum absolute atomic E-state index is 0.0406. The molecule has 7 heteroatoms. The van der Waals surface area contributed by atoms with Gasteiger partial charge < -0.3 is 21.3 Å². The number of hydrogen-bond donors (Lipinski definition) is 3. The number of nitrogens with two attached hydrogens (primary N) is 1. The molecule has 168 valence electrons. The Hall–Kier alpha value is -2.41. The van der Waals surface area contributed by atoms with Gasteiger partial charge in [-0.1, -0.05) is 58.0 Å². The second kappa shape index (κ2) is 13.0. The van der Waals surface area contributed by atoms with Crippen LogP contribution in [-0.4, -0.2) is 61.3 Å². The second-order valence-corrected chi connectivity index (χ2v) is 8.46. The van der Waals surface area contributed by atoms with E-state index < -0.39 is 6.04 Å². The average molecular weight is 418 g/mol. The molecule has 1 amide bonds. The van der Waals surface area contributed by atoms with Crippen LogP contribution < -0.4 is 16.4 Å². The Labute approximate surface area is 181 Å². The smallest absolute Gasteiger partial charge is 0.237 e. The first-order valence-electron chi connectivity index (χ1n) is 10.7. The molecule has 0 saturated carbocycles. The van der Waals surface area contributed by atoms with E-state index in [4.69, 9.17) is 5.73 Å². The zero-order valence-corrected chi connectivity index (χ0v) is 19.3. The maximum atomic E-state index is 13.0. The molecule has 0 saturated heterocycles. The van der Waals surface area contributed by atoms with Crippen LogP contribution in [0, 0.1) is 5.92 Å². The zero-order chi connectivity index (χ0) is 22.7. The predicted molar refractivity (Wildman–Crippen MR) is 123 cm³/mol. The number of amides is 1. The maximum Gasteiger partial charge on any atom is 0.237 e. The van der Waals surface area contributed by atoms with Gasteiger partial charge in [0.2, 0.25) is 5.91 Å². The van der Waals surface area contributed by atoms with Crippen molar-refractivity contribution in [3.05, 3.63) is 35.9 Å². The van der Waals surface area contributed by atoms with Crippen LogP contribution in [0.2, 0.25) is 0 Å². The number of carbonyl (C=O) groups is 2. The molecule has 0 radical (unpaired) electrons. The van der Waals surface area contributed by atoms with E-state index in [1.807, 2.05) is 72.1 Å². The molecule has 1 aromatic carbocycles. The van der Waals surface area contributed by atoms with Gasteiger partial charge in [0, 0.05) is 32.6 Å². The molecule has 0 spiro atoms. The van der Waals surface area contributed by atoms with Crippen molar-refractivity contribution < 1.29 is 9.59 Å². The molecule has 1 rings (SSSR count). The number of ketones is 1. The third kappa shape index (κ3) is 9.39. The monoisotopic (exact) mass is 417 g/mol. The number of Topliss-reactive ketones (excluding diaryl/α,β-unsaturated/α-hetero) is 1. The van der Waals surface area contributed by atoms with E-state index in [0.29, 0.717) is 31.8 Å². The second-order valence-electron chi connectivity index (χ2n) is 8.46. The minimum atomic E-state index is -0.543. The summed E-state index contributed by atoms with van der Waals surface area (Å²) in [6.45, 7) is 8.28. The summed E-state index contributed by atoms with van der Waals surface area (Å²) in [5.41, 5.74) is 6.84. The van der Waals surface area contributed by atoms with E-state index in [1.54, 1.807) is 4.90 Å². The third-order valence-corrected chi connectivity index (χ3v) is 4.75. The molecule has 30 heavy (non-hydrogen) atoms. The molecule has 0 aliphatic heterocycles. The summed E-state index contributed by atoms with van der Waals surface area (Å²) >= 11 is 0. The van der Waals surface area contributed by atoms with Crippen LogP contribution in [0.1, 0.15) is 46.1 Å². The highest BCUT2D eigenvalue weighted by Gasteiger charge is 2.27. The number of carbonyl (C=O) groups excluding carboxylic acids is 2. The quantitative estimate of drug-likeness (QED) is 0.274. The Morgan fingerprint density at radius 1 is 1.07 bits per heavy atom. The number of benzene rings is 1. The van der Waals surface area contributed by atoms with Crippen molar-refractivity contribution in [3.8, 4) is 0 Å². The van der Waals surface area contributed by atoms with Crippen molar-refractivity contribution in [1.82, 2.24) is 15.5 Å². The lowest BCUT2D eigenvalue weighted by molar-refractivity contribution is -0.130. The first-order chi connectivity index (χ1) is 14.1. The third-order valence-electron chi connectivity index (χ3n) is 4.75. The van der Waals surface area contributed by atoms with Crippen LogP contribution in [0.25, 0.3) is 0 Å². The minimum Gasteiger partial charge on any atom is -0.370 e. The van der Waals surface area contributed by atoms with Crippen LogP contribution >= 0.6 is 0 Å². The molecule has 1 unspecified atom stereocenters. The molecule has 0 aliphatic rings. The summed E-state index contributed by atoms with van der Waals surface area (Å²) in [5, 5.41) is 6.31. The molecule has 0 aliphatic carbocycles. The lowest BCUT2D eigenvalue weighted by atomic mass is 9.95. The van der Waals surface area contributed by atoms with E-state index in [2.05, 4.69) is 15.6 Å². The van der Waals surface area contributed by atoms with Crippen molar-refractivity contribution in [1.29, 1.82) is 0 Å². The molecule has 7 nitrogen and oxygen atoms in total. The molecule has 0 heterocycles. The van der Waals surface area contributed by atoms with E-state index in [-0.39, 0.29) is 29.7 Å². The fourth-order valence-electron chi connectivity index (χ4n) is 3.07. The zero-order valence-electron chi connectivity index (χ0n) is 19.3. The SMILES string of the molecule is CC(C)N[C@@H](CCCN=C(N)N(C)C)C(=O)NC(Cc1ccccc1)C(=O)C(C)C. The van der Waals surface area contributed by atoms with Gasteiger partial charge in [0.15, 0.2) is 11.7 Å². The van der Waals surface area contributed by atoms with Crippen molar-refractivity contribution in [2.75, 3.05) is 20.6 Å². The highest BCUT2D eigenvalue weighted by atomic mass is 16.2. The molecule has 2 atom stereocenters. The van der Waals surface area contributed by atoms with Crippen LogP contribution in [-0.2, 0) is 16.0 Å². The number of nitrogens with one attached hydrogen (secondary N) is 2. The van der Waals surface area contributed by atoms with Gasteiger partial charge in [-0.05, 0) is 24.8 Å². The van der Waals surface area contributed by atoms with Crippen molar-refractivity contribution in [2.45, 2.75) is 65.1 Å². The normalized spacial score (nSPS) is 13.9. The Balaban J connectivity index is 2.83. The average Bonchev–Trinajstić information content (AvgIpc) is 2.69. The van der Waals surface area contributed by atoms with Crippen molar-refractivity contribution >= 4 is 17.6 Å². The molecular formula is C23H39N5O2. The lowest BCUT2D eigenvalue weighted by Gasteiger charge is -2.25. The van der Waals surface area contributed by atoms with Gasteiger partial charge in [0.25, 0.3) is 0 Å². The summed E-state index contributed by atoms with van der Waals surface area (Å²) in [6, 6.07) is 8.99. The van der Waals surface area contributed by atoms with Crippen LogP contribution in [0.3, 0.4) is 0 Å². The number of aliphatic imine (C=N–C) groups is 1. The van der Waals surface area contributed by atoms with Crippen LogP contribution in [0.4, 0.5) is 0 Å². The number of rotatable bonds is 12. The van der Waals surface area contributed by atoms with E-state index in [1.165, 1.54) is 0 Å². The van der Waals surface area contributed by atoms with E-state index in [0.717, 1.165) is 5.56 Å². The topological polar surface area (TPSA) is 99.8 Å². The standard InChI is InChI=1S/C23H39N5O2/c1-16(2)21(29)20(15-18-11-8-7-9-12-18)27-22(30)19(26-17(3)4)13-10-14-25-23(24)28(5)6/h7-9,11-12,16-17,19-20,26H,10,13-15H2,1-6H3,(H2,24,25)(H,27,30)/t19-,20?/m0/s1. The van der Waals surface area contributed by atoms with Gasteiger partial charge in [0.05, 0.1) is 12.1 Å². The number of guanidine groups is 1. The first-order valence-corrected chi connectivity index (χ1v) is 10.7. The maximum absolute atomic E-state index is 13.0. The fraction of sp³-hybridized carbons (Fsp3) is 0.609. The molecule has 0 fully saturated rings. The lowest BCUT2D eigenvalue weighted by Crippen LogP contribution is -2.53. The van der Waals surface area contributed by atoms with Gasteiger partial charge in [0.1, 0.15) is 0 Å². The van der Waals surface area contributed by atoms with Crippen LogP contribution in [0.15, 0.2) is 35.3 Å². The molecule has 1 aromatic rings. The van der Waals surface area contributed by atoms with Gasteiger partial charge in [-0.2, -0.15) is 0 Å². The highest BCUT2D eigenvalue weighted by Crippen LogP contribution is 2.10. The first kappa shape index (κ1) is 25.6. The molecule has 0 aromatic heterocycles. The Bertz CT molecular complexity index is 686. The van der Waals surface area contributed by atoms with Gasteiger partial charge in [-0.3, -0.25) is 14.6 Å². The van der Waals surface area contributed by atoms with Gasteiger partial charge >= 0.3 is 0 Å². The fourth-order valence-corrected chi connectivity index (χ4v) is 3.07. The van der Waals surface area contributed by atoms with Crippen LogP contribution in [0.5, 0.6) is 0 Å². The van der Waals surface area contributed by atoms with Crippen molar-refractivity contribution in [2.24, 2.45) is 16.6 Å². The predicted octanol–water partition coefficient (Wildman–Crippen LogP) is 1.96. The summed E-state index contributed by atoms with van der Waals surface area (Å²) in [4.78, 5) is 31.9. The largest absolute Gasteiger partial charge is 0.370 e. The van der Waals surface area contributed by atoms with E-state index >= 15 is 0 Å². The summed E-state index contributed by atoms with van der Waals surface area (Å²) in [5.74, 6) is 0.208. The van der Waals surface area contributed by atoms with Crippen molar-refractivity contribution in [3.63, 3.8) is 0 Å². The van der Waals surface area contributed by atoms with E-state index in [9.17, 15) is 9.59 Å². The Morgan fingerprint density at radius 2 is 1.70 bits per heavy atom. The number of hydrogen-bond acceptors (Lipinski definition) is 4. The summed E-state index contributed by atoms with van der Waals surface area (Å²) < 4.78 is 0. The molecular weight excluding hydrogens is 378 g/mol. The van der Waals surface area contributed by atoms with Gasteiger partial charge in [-0.25, -0.2) is 0 Å². The number of nitrogens with zero attached hydrogens (tertiary/aromatic N) is 2. The Morgan fingerprint density at radius 3 is 2.23 bits per heavy atom.